The number of nitrogens with one attached hydrogen (secondary N) is 1. The first-order valence-corrected chi connectivity index (χ1v) is 9.68. The molecule has 0 unspecified atom stereocenters. The van der Waals surface area contributed by atoms with E-state index < -0.39 is 0 Å². The van der Waals surface area contributed by atoms with Crippen LogP contribution in [0.25, 0.3) is 5.69 Å². The molecule has 1 saturated carbocycles. The van der Waals surface area contributed by atoms with Gasteiger partial charge in [0.25, 0.3) is 5.91 Å². The van der Waals surface area contributed by atoms with Crippen molar-refractivity contribution in [2.75, 3.05) is 0 Å². The first-order valence-electron chi connectivity index (χ1n) is 9.68. The Morgan fingerprint density at radius 1 is 1.24 bits per heavy atom. The van der Waals surface area contributed by atoms with E-state index in [2.05, 4.69) is 20.6 Å². The van der Waals surface area contributed by atoms with Crippen LogP contribution < -0.4 is 10.1 Å². The monoisotopic (exact) mass is 395 g/mol. The van der Waals surface area contributed by atoms with E-state index in [1.54, 1.807) is 25.3 Å². The average molecular weight is 395 g/mol. The largest absolute Gasteiger partial charge is 0.474 e. The van der Waals surface area contributed by atoms with E-state index in [4.69, 9.17) is 4.74 Å². The quantitative estimate of drug-likeness (QED) is 0.692. The number of ether oxygens (including phenoxy) is 1. The van der Waals surface area contributed by atoms with Gasteiger partial charge in [0.1, 0.15) is 11.9 Å². The van der Waals surface area contributed by atoms with E-state index in [9.17, 15) is 9.18 Å². The molecule has 29 heavy (non-hydrogen) atoms. The summed E-state index contributed by atoms with van der Waals surface area (Å²) in [6, 6.07) is 9.53. The van der Waals surface area contributed by atoms with Crippen LogP contribution in [0.3, 0.4) is 0 Å². The van der Waals surface area contributed by atoms with E-state index in [0.717, 1.165) is 18.4 Å². The molecule has 0 saturated heterocycles. The number of benzene rings is 1. The van der Waals surface area contributed by atoms with Crippen molar-refractivity contribution in [2.24, 2.45) is 0 Å². The zero-order valence-electron chi connectivity index (χ0n) is 16.1. The third-order valence-corrected chi connectivity index (χ3v) is 5.02. The SMILES string of the molecule is Cc1c(C(=O)NCc2ccnc(OC3CCCC3)c2)nnn1-c1ccc(F)cc1. The molecule has 0 radical (unpaired) electrons. The summed E-state index contributed by atoms with van der Waals surface area (Å²) in [6.45, 7) is 2.07. The molecule has 7 nitrogen and oxygen atoms in total. The number of aromatic nitrogens is 4. The fraction of sp³-hybridized carbons (Fsp3) is 0.333. The Kier molecular flexibility index (Phi) is 5.50. The van der Waals surface area contributed by atoms with Crippen LogP contribution in [-0.4, -0.2) is 32.0 Å². The number of hydrogen-bond acceptors (Lipinski definition) is 5. The number of hydrogen-bond donors (Lipinski definition) is 1. The minimum atomic E-state index is -0.335. The summed E-state index contributed by atoms with van der Waals surface area (Å²) in [7, 11) is 0. The zero-order chi connectivity index (χ0) is 20.2. The van der Waals surface area contributed by atoms with Gasteiger partial charge >= 0.3 is 0 Å². The second kappa shape index (κ2) is 8.38. The summed E-state index contributed by atoms with van der Waals surface area (Å²) >= 11 is 0. The molecule has 1 fully saturated rings. The van der Waals surface area contributed by atoms with Crippen LogP contribution >= 0.6 is 0 Å². The summed E-state index contributed by atoms with van der Waals surface area (Å²) < 4.78 is 20.5. The topological polar surface area (TPSA) is 81.9 Å². The van der Waals surface area contributed by atoms with Crippen molar-refractivity contribution >= 4 is 5.91 Å². The summed E-state index contributed by atoms with van der Waals surface area (Å²) in [5, 5.41) is 10.9. The lowest BCUT2D eigenvalue weighted by Gasteiger charge is -2.12. The normalized spacial score (nSPS) is 14.1. The lowest BCUT2D eigenvalue weighted by molar-refractivity contribution is 0.0945. The van der Waals surface area contributed by atoms with Crippen LogP contribution in [0.2, 0.25) is 0 Å². The Hall–Kier alpha value is -3.29. The molecule has 0 aliphatic heterocycles. The van der Waals surface area contributed by atoms with Crippen LogP contribution in [0, 0.1) is 12.7 Å². The van der Waals surface area contributed by atoms with E-state index >= 15 is 0 Å². The number of halogens is 1. The van der Waals surface area contributed by atoms with E-state index in [-0.39, 0.29) is 23.5 Å². The van der Waals surface area contributed by atoms with Gasteiger partial charge in [-0.2, -0.15) is 0 Å². The minimum absolute atomic E-state index is 0.228. The van der Waals surface area contributed by atoms with E-state index in [1.807, 2.05) is 12.1 Å². The standard InChI is InChI=1S/C21H22FN5O2/c1-14-20(25-26-27(14)17-8-6-16(22)7-9-17)21(28)24-13-15-10-11-23-19(12-15)29-18-4-2-3-5-18/h6-12,18H,2-5,13H2,1H3,(H,24,28). The van der Waals surface area contributed by atoms with Crippen LogP contribution in [0.1, 0.15) is 47.4 Å². The van der Waals surface area contributed by atoms with Gasteiger partial charge in [-0.15, -0.1) is 5.10 Å². The van der Waals surface area contributed by atoms with Crippen LogP contribution in [0.15, 0.2) is 42.6 Å². The van der Waals surface area contributed by atoms with Crippen molar-refractivity contribution in [2.45, 2.75) is 45.3 Å². The van der Waals surface area contributed by atoms with Gasteiger partial charge in [-0.25, -0.2) is 14.1 Å². The fourth-order valence-corrected chi connectivity index (χ4v) is 3.43. The third kappa shape index (κ3) is 4.42. The maximum atomic E-state index is 13.1. The number of pyridine rings is 1. The number of rotatable bonds is 6. The maximum Gasteiger partial charge on any atom is 0.274 e. The summed E-state index contributed by atoms with van der Waals surface area (Å²) in [5.74, 6) is -0.0777. The van der Waals surface area contributed by atoms with Gasteiger partial charge in [0.05, 0.1) is 11.4 Å². The van der Waals surface area contributed by atoms with E-state index in [1.165, 1.54) is 29.7 Å². The number of carbonyl (C=O) groups is 1. The van der Waals surface area contributed by atoms with Crippen molar-refractivity contribution in [1.29, 1.82) is 0 Å². The predicted octanol–water partition coefficient (Wildman–Crippen LogP) is 3.36. The van der Waals surface area contributed by atoms with Crippen LogP contribution in [0.4, 0.5) is 4.39 Å². The zero-order valence-corrected chi connectivity index (χ0v) is 16.1. The Bertz CT molecular complexity index is 997. The molecule has 1 N–H and O–H groups in total. The molecule has 150 valence electrons. The first kappa shape index (κ1) is 19.0. The second-order valence-electron chi connectivity index (χ2n) is 7.12. The molecular weight excluding hydrogens is 373 g/mol. The molecule has 0 bridgehead atoms. The highest BCUT2D eigenvalue weighted by Crippen LogP contribution is 2.23. The number of nitrogens with zero attached hydrogens (tertiary/aromatic N) is 4. The van der Waals surface area contributed by atoms with Gasteiger partial charge in [-0.1, -0.05) is 5.21 Å². The molecule has 4 rings (SSSR count). The molecule has 0 spiro atoms. The Morgan fingerprint density at radius 3 is 2.76 bits per heavy atom. The molecule has 2 aromatic heterocycles. The van der Waals surface area contributed by atoms with Crippen LogP contribution in [-0.2, 0) is 6.54 Å². The highest BCUT2D eigenvalue weighted by Gasteiger charge is 2.19. The van der Waals surface area contributed by atoms with Crippen molar-refractivity contribution in [1.82, 2.24) is 25.3 Å². The van der Waals surface area contributed by atoms with Crippen molar-refractivity contribution < 1.29 is 13.9 Å². The van der Waals surface area contributed by atoms with Gasteiger partial charge in [0.15, 0.2) is 5.69 Å². The molecule has 0 atom stereocenters. The molecule has 1 aliphatic rings. The van der Waals surface area contributed by atoms with Gasteiger partial charge in [-0.05, 0) is 68.5 Å². The van der Waals surface area contributed by atoms with Crippen molar-refractivity contribution in [3.8, 4) is 11.6 Å². The smallest absolute Gasteiger partial charge is 0.274 e. The van der Waals surface area contributed by atoms with Crippen molar-refractivity contribution in [3.05, 3.63) is 65.4 Å². The molecule has 8 heteroatoms. The minimum Gasteiger partial charge on any atom is -0.474 e. The molecule has 1 aromatic carbocycles. The molecule has 3 aromatic rings. The summed E-state index contributed by atoms with van der Waals surface area (Å²) in [6.07, 6.45) is 6.42. The molecule has 1 aliphatic carbocycles. The highest BCUT2D eigenvalue weighted by molar-refractivity contribution is 5.93. The van der Waals surface area contributed by atoms with Crippen molar-refractivity contribution in [3.63, 3.8) is 0 Å². The third-order valence-electron chi connectivity index (χ3n) is 5.02. The van der Waals surface area contributed by atoms with Gasteiger partial charge in [0, 0.05) is 18.8 Å². The Balaban J connectivity index is 1.40. The lowest BCUT2D eigenvalue weighted by atomic mass is 10.2. The number of amides is 1. The average Bonchev–Trinajstić information content (AvgIpc) is 3.37. The van der Waals surface area contributed by atoms with Crippen LogP contribution in [0.5, 0.6) is 5.88 Å². The summed E-state index contributed by atoms with van der Waals surface area (Å²) in [4.78, 5) is 16.8. The first-order chi connectivity index (χ1) is 14.1. The molecule has 1 amide bonds. The highest BCUT2D eigenvalue weighted by atomic mass is 19.1. The lowest BCUT2D eigenvalue weighted by Crippen LogP contribution is -2.24. The molecule has 2 heterocycles. The summed E-state index contributed by atoms with van der Waals surface area (Å²) in [5.41, 5.74) is 2.34. The Morgan fingerprint density at radius 2 is 2.00 bits per heavy atom. The van der Waals surface area contributed by atoms with E-state index in [0.29, 0.717) is 23.8 Å². The Labute approximate surface area is 167 Å². The second-order valence-corrected chi connectivity index (χ2v) is 7.12. The van der Waals surface area contributed by atoms with Gasteiger partial charge in [-0.3, -0.25) is 4.79 Å². The molecular formula is C21H22FN5O2. The van der Waals surface area contributed by atoms with Gasteiger partial charge < -0.3 is 10.1 Å². The fourth-order valence-electron chi connectivity index (χ4n) is 3.43. The predicted molar refractivity (Wildman–Crippen MR) is 104 cm³/mol. The van der Waals surface area contributed by atoms with Gasteiger partial charge in [0.2, 0.25) is 5.88 Å². The number of carbonyl (C=O) groups excluding carboxylic acids is 1. The maximum absolute atomic E-state index is 13.1.